The van der Waals surface area contributed by atoms with Crippen LogP contribution in [-0.2, 0) is 6.42 Å². The number of nitrogens with zero attached hydrogens (tertiary/aromatic N) is 1. The van der Waals surface area contributed by atoms with Crippen LogP contribution in [0.1, 0.15) is 42.2 Å². The fourth-order valence-electron chi connectivity index (χ4n) is 2.15. The van der Waals surface area contributed by atoms with E-state index in [4.69, 9.17) is 23.2 Å². The molecule has 4 nitrogen and oxygen atoms in total. The molecule has 0 saturated carbocycles. The van der Waals surface area contributed by atoms with Crippen LogP contribution in [0.15, 0.2) is 30.5 Å². The Labute approximate surface area is 145 Å². The summed E-state index contributed by atoms with van der Waals surface area (Å²) in [6, 6.07) is 6.34. The molecule has 1 aromatic carbocycles. The Hall–Kier alpha value is -1.78. The number of hydrogen-bond acceptors (Lipinski definition) is 3. The number of hydrogen-bond donors (Lipinski definition) is 2. The molecule has 23 heavy (non-hydrogen) atoms. The third-order valence-electron chi connectivity index (χ3n) is 3.39. The number of aromatic nitrogens is 1. The van der Waals surface area contributed by atoms with Gasteiger partial charge in [0.2, 0.25) is 0 Å². The summed E-state index contributed by atoms with van der Waals surface area (Å²) < 4.78 is 0. The molecule has 0 aliphatic heterocycles. The highest BCUT2D eigenvalue weighted by atomic mass is 35.5. The molecule has 0 unspecified atom stereocenters. The molecule has 122 valence electrons. The number of carbonyl (C=O) groups excluding carboxylic acids is 1. The summed E-state index contributed by atoms with van der Waals surface area (Å²) in [4.78, 5) is 16.6. The highest BCUT2D eigenvalue weighted by Crippen LogP contribution is 2.34. The van der Waals surface area contributed by atoms with E-state index < -0.39 is 0 Å². The van der Waals surface area contributed by atoms with E-state index in [0.717, 1.165) is 31.4 Å². The van der Waals surface area contributed by atoms with Gasteiger partial charge in [-0.3, -0.25) is 9.78 Å². The van der Waals surface area contributed by atoms with E-state index in [0.29, 0.717) is 11.3 Å². The number of benzene rings is 1. The van der Waals surface area contributed by atoms with E-state index in [9.17, 15) is 9.90 Å². The van der Waals surface area contributed by atoms with Crippen molar-refractivity contribution in [2.45, 2.75) is 32.6 Å². The van der Waals surface area contributed by atoms with Gasteiger partial charge in [0.15, 0.2) is 5.75 Å². The minimum atomic E-state index is -0.276. The predicted molar refractivity (Wildman–Crippen MR) is 93.5 cm³/mol. The van der Waals surface area contributed by atoms with Crippen LogP contribution in [0.3, 0.4) is 0 Å². The molecule has 6 heteroatoms. The van der Waals surface area contributed by atoms with E-state index in [1.165, 1.54) is 12.1 Å². The molecule has 1 heterocycles. The van der Waals surface area contributed by atoms with Crippen LogP contribution in [0.2, 0.25) is 10.0 Å². The SMILES string of the molecule is CCCCCc1cc(C(=O)Nc2cc(Cl)c(O)c(Cl)c2)ccn1. The van der Waals surface area contributed by atoms with Gasteiger partial charge in [0.25, 0.3) is 5.91 Å². The molecule has 2 aromatic rings. The molecule has 0 radical (unpaired) electrons. The number of nitrogens with one attached hydrogen (secondary N) is 1. The lowest BCUT2D eigenvalue weighted by Gasteiger charge is -2.09. The molecular weight excluding hydrogens is 335 g/mol. The number of phenols is 1. The smallest absolute Gasteiger partial charge is 0.255 e. The number of aryl methyl sites for hydroxylation is 1. The van der Waals surface area contributed by atoms with Crippen molar-refractivity contribution in [2.75, 3.05) is 5.32 Å². The molecule has 0 fully saturated rings. The predicted octanol–water partition coefficient (Wildman–Crippen LogP) is 5.08. The molecule has 2 rings (SSSR count). The lowest BCUT2D eigenvalue weighted by molar-refractivity contribution is 0.102. The number of aromatic hydroxyl groups is 1. The molecule has 1 amide bonds. The summed E-state index contributed by atoms with van der Waals surface area (Å²) in [7, 11) is 0. The van der Waals surface area contributed by atoms with Crippen molar-refractivity contribution in [3.05, 3.63) is 51.8 Å². The number of amides is 1. The van der Waals surface area contributed by atoms with Crippen molar-refractivity contribution in [2.24, 2.45) is 0 Å². The van der Waals surface area contributed by atoms with Crippen molar-refractivity contribution >= 4 is 34.8 Å². The minimum Gasteiger partial charge on any atom is -0.505 e. The number of unbranched alkanes of at least 4 members (excludes halogenated alkanes) is 2. The zero-order chi connectivity index (χ0) is 16.8. The normalized spacial score (nSPS) is 10.6. The monoisotopic (exact) mass is 352 g/mol. The Morgan fingerprint density at radius 1 is 1.22 bits per heavy atom. The van der Waals surface area contributed by atoms with Crippen LogP contribution in [0.4, 0.5) is 5.69 Å². The van der Waals surface area contributed by atoms with Crippen molar-refractivity contribution in [1.29, 1.82) is 0 Å². The zero-order valence-corrected chi connectivity index (χ0v) is 14.3. The fourth-order valence-corrected chi connectivity index (χ4v) is 2.64. The minimum absolute atomic E-state index is 0.0859. The largest absolute Gasteiger partial charge is 0.505 e. The lowest BCUT2D eigenvalue weighted by atomic mass is 10.1. The number of carbonyl (C=O) groups is 1. The number of rotatable bonds is 6. The first-order valence-corrected chi connectivity index (χ1v) is 8.21. The highest BCUT2D eigenvalue weighted by molar-refractivity contribution is 6.37. The Morgan fingerprint density at radius 3 is 2.57 bits per heavy atom. The second-order valence-corrected chi connectivity index (χ2v) is 6.05. The molecule has 0 bridgehead atoms. The van der Waals surface area contributed by atoms with Gasteiger partial charge < -0.3 is 10.4 Å². The van der Waals surface area contributed by atoms with E-state index in [-0.39, 0.29) is 21.7 Å². The summed E-state index contributed by atoms with van der Waals surface area (Å²) >= 11 is 11.7. The molecule has 0 spiro atoms. The maximum Gasteiger partial charge on any atom is 0.255 e. The first kappa shape index (κ1) is 17.6. The fraction of sp³-hybridized carbons (Fsp3) is 0.294. The second-order valence-electron chi connectivity index (χ2n) is 5.24. The highest BCUT2D eigenvalue weighted by Gasteiger charge is 2.11. The molecule has 0 saturated heterocycles. The summed E-state index contributed by atoms with van der Waals surface area (Å²) in [5.41, 5.74) is 1.84. The van der Waals surface area contributed by atoms with Crippen molar-refractivity contribution < 1.29 is 9.90 Å². The first-order valence-electron chi connectivity index (χ1n) is 7.45. The van der Waals surface area contributed by atoms with Gasteiger partial charge >= 0.3 is 0 Å². The number of anilines is 1. The van der Waals surface area contributed by atoms with Gasteiger partial charge in [0.05, 0.1) is 10.0 Å². The Morgan fingerprint density at radius 2 is 1.91 bits per heavy atom. The van der Waals surface area contributed by atoms with Crippen LogP contribution in [0, 0.1) is 0 Å². The molecule has 1 aromatic heterocycles. The maximum absolute atomic E-state index is 12.3. The average molecular weight is 353 g/mol. The summed E-state index contributed by atoms with van der Waals surface area (Å²) in [5.74, 6) is -0.476. The van der Waals surface area contributed by atoms with Gasteiger partial charge in [-0.2, -0.15) is 0 Å². The standard InChI is InChI=1S/C17H18Cl2N2O2/c1-2-3-4-5-12-8-11(6-7-20-12)17(23)21-13-9-14(18)16(22)15(19)10-13/h6-10,22H,2-5H2,1H3,(H,21,23). The van der Waals surface area contributed by atoms with Crippen LogP contribution < -0.4 is 5.32 Å². The molecule has 0 aliphatic carbocycles. The summed E-state index contributed by atoms with van der Waals surface area (Å²) in [5, 5.41) is 12.4. The van der Waals surface area contributed by atoms with Gasteiger partial charge in [-0.1, -0.05) is 43.0 Å². The van der Waals surface area contributed by atoms with E-state index in [1.807, 2.05) is 0 Å². The molecular formula is C17H18Cl2N2O2. The van der Waals surface area contributed by atoms with Gasteiger partial charge in [0.1, 0.15) is 0 Å². The van der Waals surface area contributed by atoms with E-state index in [1.54, 1.807) is 18.3 Å². The Kier molecular flexibility index (Phi) is 6.25. The third-order valence-corrected chi connectivity index (χ3v) is 3.97. The van der Waals surface area contributed by atoms with Crippen molar-refractivity contribution in [3.63, 3.8) is 0 Å². The molecule has 2 N–H and O–H groups in total. The van der Waals surface area contributed by atoms with Gasteiger partial charge in [0, 0.05) is 23.1 Å². The zero-order valence-electron chi connectivity index (χ0n) is 12.8. The lowest BCUT2D eigenvalue weighted by Crippen LogP contribution is -2.12. The summed E-state index contributed by atoms with van der Waals surface area (Å²) in [6.07, 6.45) is 5.82. The number of pyridine rings is 1. The van der Waals surface area contributed by atoms with E-state index in [2.05, 4.69) is 17.2 Å². The maximum atomic E-state index is 12.3. The quantitative estimate of drug-likeness (QED) is 0.562. The van der Waals surface area contributed by atoms with Crippen LogP contribution in [-0.4, -0.2) is 16.0 Å². The first-order chi connectivity index (χ1) is 11.0. The second kappa shape index (κ2) is 8.18. The van der Waals surface area contributed by atoms with Gasteiger partial charge in [-0.15, -0.1) is 0 Å². The van der Waals surface area contributed by atoms with Gasteiger partial charge in [-0.05, 0) is 37.1 Å². The average Bonchev–Trinajstić information content (AvgIpc) is 2.53. The van der Waals surface area contributed by atoms with Crippen LogP contribution in [0.25, 0.3) is 0 Å². The van der Waals surface area contributed by atoms with Crippen molar-refractivity contribution in [1.82, 2.24) is 4.98 Å². The number of phenolic OH excluding ortho intramolecular Hbond substituents is 1. The third kappa shape index (κ3) is 4.85. The van der Waals surface area contributed by atoms with Crippen molar-refractivity contribution in [3.8, 4) is 5.75 Å². The summed E-state index contributed by atoms with van der Waals surface area (Å²) in [6.45, 7) is 2.14. The Balaban J connectivity index is 2.10. The Bertz CT molecular complexity index is 682. The van der Waals surface area contributed by atoms with Gasteiger partial charge in [-0.25, -0.2) is 0 Å². The van der Waals surface area contributed by atoms with Crippen LogP contribution >= 0.6 is 23.2 Å². The molecule has 0 atom stereocenters. The van der Waals surface area contributed by atoms with E-state index >= 15 is 0 Å². The number of halogens is 2. The topological polar surface area (TPSA) is 62.2 Å². The van der Waals surface area contributed by atoms with Crippen LogP contribution in [0.5, 0.6) is 5.75 Å². The molecule has 0 aliphatic rings.